The van der Waals surface area contributed by atoms with Crippen molar-refractivity contribution in [2.24, 2.45) is 5.92 Å². The third-order valence-electron chi connectivity index (χ3n) is 5.27. The van der Waals surface area contributed by atoms with Gasteiger partial charge in [0.05, 0.1) is 24.6 Å². The van der Waals surface area contributed by atoms with Gasteiger partial charge in [0, 0.05) is 29.5 Å². The molecule has 1 aliphatic heterocycles. The van der Waals surface area contributed by atoms with Gasteiger partial charge in [0.2, 0.25) is 0 Å². The van der Waals surface area contributed by atoms with Gasteiger partial charge in [0.1, 0.15) is 17.3 Å². The average molecular weight is 409 g/mol. The van der Waals surface area contributed by atoms with E-state index in [0.29, 0.717) is 23.6 Å². The second-order valence-corrected chi connectivity index (χ2v) is 7.99. The lowest BCUT2D eigenvalue weighted by Gasteiger charge is -2.24. The van der Waals surface area contributed by atoms with E-state index in [1.54, 1.807) is 24.7 Å². The minimum absolute atomic E-state index is 0.104. The Labute approximate surface area is 172 Å². The van der Waals surface area contributed by atoms with Crippen LogP contribution in [0.15, 0.2) is 44.3 Å². The van der Waals surface area contributed by atoms with Gasteiger partial charge in [-0.2, -0.15) is 0 Å². The molecule has 0 spiro atoms. The molecule has 1 aromatic carbocycles. The normalized spacial score (nSPS) is 15.9. The first kappa shape index (κ1) is 19.9. The van der Waals surface area contributed by atoms with Crippen LogP contribution >= 0.6 is 0 Å². The number of pyridine rings is 1. The van der Waals surface area contributed by atoms with Crippen LogP contribution in [0.25, 0.3) is 10.9 Å². The summed E-state index contributed by atoms with van der Waals surface area (Å²) in [6, 6.07) is 8.75. The number of hydrogen-bond acceptors (Lipinski definition) is 6. The van der Waals surface area contributed by atoms with Gasteiger partial charge in [0.15, 0.2) is 0 Å². The monoisotopic (exact) mass is 409 g/mol. The number of nitrogens with zero attached hydrogens (tertiary/aromatic N) is 1. The first-order valence-electron chi connectivity index (χ1n) is 9.85. The molecule has 0 aliphatic carbocycles. The van der Waals surface area contributed by atoms with Crippen molar-refractivity contribution in [1.29, 1.82) is 0 Å². The molecule has 1 aliphatic rings. The van der Waals surface area contributed by atoms with Gasteiger partial charge in [0.25, 0.3) is 5.56 Å². The highest BCUT2D eigenvalue weighted by molar-refractivity contribution is 5.83. The highest BCUT2D eigenvalue weighted by Gasteiger charge is 2.34. The predicted octanol–water partition coefficient (Wildman–Crippen LogP) is 3.37. The minimum Gasteiger partial charge on any atom is -0.497 e. The van der Waals surface area contributed by atoms with E-state index in [1.807, 2.05) is 32.0 Å². The van der Waals surface area contributed by atoms with E-state index in [1.165, 1.54) is 6.07 Å². The molecule has 0 N–H and O–H groups in total. The molecule has 0 saturated carbocycles. The molecule has 0 saturated heterocycles. The number of methoxy groups -OCH3 is 1. The molecule has 156 valence electrons. The summed E-state index contributed by atoms with van der Waals surface area (Å²) in [4.78, 5) is 38.4. The molecule has 2 aromatic heterocycles. The first-order valence-corrected chi connectivity index (χ1v) is 9.85. The number of aryl methyl sites for hydroxylation is 1. The summed E-state index contributed by atoms with van der Waals surface area (Å²) in [6.45, 7) is 6.16. The number of aromatic nitrogens is 1. The molecule has 0 radical (unpaired) electrons. The fraction of sp³-hybridized carbons (Fsp3) is 0.348. The van der Waals surface area contributed by atoms with Crippen molar-refractivity contribution in [2.45, 2.75) is 39.7 Å². The van der Waals surface area contributed by atoms with Gasteiger partial charge in [-0.25, -0.2) is 4.79 Å². The largest absolute Gasteiger partial charge is 0.497 e. The number of rotatable bonds is 4. The number of carbonyl (C=O) groups excluding carboxylic acids is 1. The standard InChI is InChI=1S/C23H23NO6/c1-12(2)11-24-18-6-5-15(28-4)8-14(18)9-17(22(24)26)16-10-20(25)30-19-7-13(3)29-23(27)21(16)19/h5-9,12,16H,10-11H2,1-4H3/t16-/m1/s1. The van der Waals surface area contributed by atoms with Crippen molar-refractivity contribution in [2.75, 3.05) is 7.11 Å². The second kappa shape index (κ2) is 7.48. The van der Waals surface area contributed by atoms with Crippen molar-refractivity contribution >= 4 is 16.9 Å². The maximum atomic E-state index is 13.5. The predicted molar refractivity (Wildman–Crippen MR) is 111 cm³/mol. The number of ether oxygens (including phenoxy) is 2. The van der Waals surface area contributed by atoms with Gasteiger partial charge >= 0.3 is 11.6 Å². The quantitative estimate of drug-likeness (QED) is 0.614. The molecule has 30 heavy (non-hydrogen) atoms. The van der Waals surface area contributed by atoms with Crippen LogP contribution in [0.3, 0.4) is 0 Å². The Bertz CT molecular complexity index is 1270. The zero-order chi connectivity index (χ0) is 21.6. The van der Waals surface area contributed by atoms with Gasteiger partial charge in [-0.3, -0.25) is 9.59 Å². The van der Waals surface area contributed by atoms with Crippen LogP contribution < -0.4 is 20.7 Å². The van der Waals surface area contributed by atoms with E-state index in [0.717, 1.165) is 10.9 Å². The van der Waals surface area contributed by atoms with Gasteiger partial charge in [-0.05, 0) is 37.1 Å². The number of esters is 1. The molecule has 7 heteroatoms. The first-order chi connectivity index (χ1) is 14.3. The minimum atomic E-state index is -0.736. The molecule has 0 amide bonds. The molecule has 7 nitrogen and oxygen atoms in total. The molecule has 4 rings (SSSR count). The molecule has 0 unspecified atom stereocenters. The Morgan fingerprint density at radius 3 is 2.63 bits per heavy atom. The molecular weight excluding hydrogens is 386 g/mol. The van der Waals surface area contributed by atoms with Crippen molar-refractivity contribution in [3.8, 4) is 11.5 Å². The zero-order valence-electron chi connectivity index (χ0n) is 17.4. The van der Waals surface area contributed by atoms with E-state index in [-0.39, 0.29) is 29.2 Å². The topological polar surface area (TPSA) is 87.7 Å². The highest BCUT2D eigenvalue weighted by atomic mass is 16.5. The Morgan fingerprint density at radius 1 is 1.17 bits per heavy atom. The van der Waals surface area contributed by atoms with Crippen LogP contribution in [-0.4, -0.2) is 17.6 Å². The van der Waals surface area contributed by atoms with E-state index in [4.69, 9.17) is 13.9 Å². The third kappa shape index (κ3) is 3.40. The Hall–Kier alpha value is -3.35. The molecule has 1 atom stereocenters. The van der Waals surface area contributed by atoms with Crippen LogP contribution in [0.4, 0.5) is 0 Å². The van der Waals surface area contributed by atoms with Crippen molar-refractivity contribution < 1.29 is 18.7 Å². The number of hydrogen-bond donors (Lipinski definition) is 0. The summed E-state index contributed by atoms with van der Waals surface area (Å²) < 4.78 is 17.6. The van der Waals surface area contributed by atoms with Gasteiger partial charge in [-0.1, -0.05) is 13.8 Å². The molecule has 3 aromatic rings. The Kier molecular flexibility index (Phi) is 4.97. The molecule has 0 bridgehead atoms. The van der Waals surface area contributed by atoms with Gasteiger partial charge in [-0.15, -0.1) is 0 Å². The number of fused-ring (bicyclic) bond motifs is 2. The summed E-state index contributed by atoms with van der Waals surface area (Å²) in [5.41, 5.74) is 0.518. The average Bonchev–Trinajstić information content (AvgIpc) is 2.68. The summed E-state index contributed by atoms with van der Waals surface area (Å²) in [6.07, 6.45) is -0.104. The van der Waals surface area contributed by atoms with E-state index in [9.17, 15) is 14.4 Å². The lowest BCUT2D eigenvalue weighted by Crippen LogP contribution is -2.33. The molecular formula is C23H23NO6. The van der Waals surface area contributed by atoms with Crippen LogP contribution in [0.2, 0.25) is 0 Å². The Morgan fingerprint density at radius 2 is 1.93 bits per heavy atom. The number of benzene rings is 1. The smallest absolute Gasteiger partial charge is 0.343 e. The van der Waals surface area contributed by atoms with Crippen molar-refractivity contribution in [3.63, 3.8) is 0 Å². The van der Waals surface area contributed by atoms with Crippen molar-refractivity contribution in [1.82, 2.24) is 4.57 Å². The fourth-order valence-corrected chi connectivity index (χ4v) is 4.00. The summed E-state index contributed by atoms with van der Waals surface area (Å²) in [5.74, 6) is 0.150. The molecule has 3 heterocycles. The molecule has 0 fully saturated rings. The van der Waals surface area contributed by atoms with Crippen LogP contribution in [-0.2, 0) is 11.3 Å². The third-order valence-corrected chi connectivity index (χ3v) is 5.27. The SMILES string of the molecule is COc1ccc2c(c1)cc([C@H]1CC(=O)Oc3cc(C)oc(=O)c31)c(=O)n2CC(C)C. The van der Waals surface area contributed by atoms with Gasteiger partial charge < -0.3 is 18.5 Å². The van der Waals surface area contributed by atoms with Crippen LogP contribution in [0.5, 0.6) is 11.5 Å². The fourth-order valence-electron chi connectivity index (χ4n) is 4.00. The van der Waals surface area contributed by atoms with Crippen LogP contribution in [0.1, 0.15) is 43.1 Å². The van der Waals surface area contributed by atoms with Crippen molar-refractivity contribution in [3.05, 3.63) is 68.0 Å². The zero-order valence-corrected chi connectivity index (χ0v) is 17.4. The lowest BCUT2D eigenvalue weighted by atomic mass is 9.87. The Balaban J connectivity index is 2.02. The summed E-state index contributed by atoms with van der Waals surface area (Å²) in [5, 5.41) is 0.793. The maximum Gasteiger partial charge on any atom is 0.343 e. The maximum absolute atomic E-state index is 13.5. The number of carbonyl (C=O) groups is 1. The second-order valence-electron chi connectivity index (χ2n) is 7.99. The van der Waals surface area contributed by atoms with Crippen LogP contribution in [0, 0.1) is 12.8 Å². The van der Waals surface area contributed by atoms with E-state index in [2.05, 4.69) is 0 Å². The van der Waals surface area contributed by atoms with E-state index >= 15 is 0 Å². The highest BCUT2D eigenvalue weighted by Crippen LogP contribution is 2.37. The van der Waals surface area contributed by atoms with E-state index < -0.39 is 17.5 Å². The summed E-state index contributed by atoms with van der Waals surface area (Å²) in [7, 11) is 1.58. The lowest BCUT2D eigenvalue weighted by molar-refractivity contribution is -0.135. The summed E-state index contributed by atoms with van der Waals surface area (Å²) >= 11 is 0.